The van der Waals surface area contributed by atoms with Crippen LogP contribution in [-0.4, -0.2) is 48.0 Å². The maximum Gasteiger partial charge on any atom is 0.494 e. The fourth-order valence-electron chi connectivity index (χ4n) is 3.54. The van der Waals surface area contributed by atoms with Crippen molar-refractivity contribution in [2.45, 2.75) is 103 Å². The summed E-state index contributed by atoms with van der Waals surface area (Å²) in [5, 5.41) is 5.77. The average Bonchev–Trinajstić information content (AvgIpc) is 2.84. The molecule has 176 valence electrons. The summed E-state index contributed by atoms with van der Waals surface area (Å²) in [6.45, 7) is 13.5. The number of nitrogens with one attached hydrogen (secondary N) is 2. The number of alkyl carbamates (subject to hydrolysis) is 1. The Morgan fingerprint density at radius 3 is 2.12 bits per heavy atom. The fourth-order valence-corrected chi connectivity index (χ4v) is 3.54. The van der Waals surface area contributed by atoms with Crippen LogP contribution in [0, 0.1) is 0 Å². The van der Waals surface area contributed by atoms with Crippen molar-refractivity contribution in [2.24, 2.45) is 0 Å². The maximum absolute atomic E-state index is 12.8. The van der Waals surface area contributed by atoms with E-state index in [1.807, 2.05) is 52.0 Å². The maximum atomic E-state index is 12.8. The third-order valence-electron chi connectivity index (χ3n) is 6.40. The number of hydrogen-bond acceptors (Lipinski definition) is 5. The molecule has 0 spiro atoms. The zero-order valence-electron chi connectivity index (χ0n) is 20.4. The van der Waals surface area contributed by atoms with Crippen molar-refractivity contribution in [2.75, 3.05) is 0 Å². The highest BCUT2D eigenvalue weighted by Gasteiger charge is 2.51. The van der Waals surface area contributed by atoms with E-state index in [1.165, 1.54) is 0 Å². The molecule has 2 aliphatic rings. The van der Waals surface area contributed by atoms with Crippen LogP contribution in [0.1, 0.15) is 73.3 Å². The third-order valence-corrected chi connectivity index (χ3v) is 6.40. The summed E-state index contributed by atoms with van der Waals surface area (Å²) in [5.41, 5.74) is 0.401. The van der Waals surface area contributed by atoms with Crippen molar-refractivity contribution < 1.29 is 23.6 Å². The molecule has 1 atom stereocenters. The molecular weight excluding hydrogens is 407 g/mol. The van der Waals surface area contributed by atoms with E-state index in [2.05, 4.69) is 10.6 Å². The first-order chi connectivity index (χ1) is 14.8. The Kier molecular flexibility index (Phi) is 6.96. The van der Waals surface area contributed by atoms with Gasteiger partial charge in [0.05, 0.1) is 11.2 Å². The van der Waals surface area contributed by atoms with Gasteiger partial charge in [0.25, 0.3) is 0 Å². The summed E-state index contributed by atoms with van der Waals surface area (Å²) in [4.78, 5) is 25.2. The van der Waals surface area contributed by atoms with Crippen molar-refractivity contribution in [1.82, 2.24) is 10.6 Å². The molecule has 1 heterocycles. The van der Waals surface area contributed by atoms with Gasteiger partial charge in [-0.3, -0.25) is 4.79 Å². The molecule has 0 aromatic heterocycles. The zero-order valence-corrected chi connectivity index (χ0v) is 20.4. The predicted octanol–water partition coefficient (Wildman–Crippen LogP) is 3.09. The second-order valence-electron chi connectivity index (χ2n) is 10.9. The van der Waals surface area contributed by atoms with Crippen LogP contribution in [0.2, 0.25) is 0 Å². The highest BCUT2D eigenvalue weighted by atomic mass is 16.7. The first-order valence-corrected chi connectivity index (χ1v) is 11.5. The number of amides is 2. The Morgan fingerprint density at radius 1 is 1.09 bits per heavy atom. The van der Waals surface area contributed by atoms with Gasteiger partial charge in [-0.05, 0) is 78.8 Å². The van der Waals surface area contributed by atoms with Crippen LogP contribution in [0.15, 0.2) is 24.3 Å². The van der Waals surface area contributed by atoms with Gasteiger partial charge in [0.1, 0.15) is 11.6 Å². The van der Waals surface area contributed by atoms with Gasteiger partial charge < -0.3 is 24.7 Å². The molecule has 1 saturated heterocycles. The standard InChI is InChI=1S/C24H37BN2O5/c1-22(2,3)30-21(29)27-19(20(28)26-18-9-8-10-18)15-16-11-13-17(14-12-16)25-31-23(4,5)24(6,7)32-25/h11-14,18-19H,8-10,15H2,1-7H3,(H,26,28)(H,27,29). The smallest absolute Gasteiger partial charge is 0.444 e. The minimum absolute atomic E-state index is 0.185. The minimum atomic E-state index is -0.715. The lowest BCUT2D eigenvalue weighted by Crippen LogP contribution is -2.52. The van der Waals surface area contributed by atoms with E-state index in [0.29, 0.717) is 6.42 Å². The summed E-state index contributed by atoms with van der Waals surface area (Å²) >= 11 is 0. The monoisotopic (exact) mass is 444 g/mol. The van der Waals surface area contributed by atoms with Crippen molar-refractivity contribution in [3.8, 4) is 0 Å². The molecule has 1 aliphatic heterocycles. The number of ether oxygens (including phenoxy) is 1. The molecule has 2 fully saturated rings. The summed E-state index contributed by atoms with van der Waals surface area (Å²) in [6, 6.07) is 7.27. The number of carbonyl (C=O) groups excluding carboxylic acids is 2. The highest BCUT2D eigenvalue weighted by molar-refractivity contribution is 6.62. The van der Waals surface area contributed by atoms with Crippen LogP contribution in [0.3, 0.4) is 0 Å². The molecule has 0 bridgehead atoms. The van der Waals surface area contributed by atoms with E-state index in [9.17, 15) is 9.59 Å². The van der Waals surface area contributed by atoms with Crippen LogP contribution < -0.4 is 16.1 Å². The quantitative estimate of drug-likeness (QED) is 0.659. The van der Waals surface area contributed by atoms with Crippen LogP contribution in [0.4, 0.5) is 4.79 Å². The van der Waals surface area contributed by atoms with Gasteiger partial charge in [-0.2, -0.15) is 0 Å². The van der Waals surface area contributed by atoms with Crippen LogP contribution in [0.25, 0.3) is 0 Å². The summed E-state index contributed by atoms with van der Waals surface area (Å²) in [6.07, 6.45) is 2.85. The number of hydrogen-bond donors (Lipinski definition) is 2. The van der Waals surface area contributed by atoms with Gasteiger partial charge in [0, 0.05) is 12.5 Å². The lowest BCUT2D eigenvalue weighted by molar-refractivity contribution is -0.124. The normalized spacial score (nSPS) is 20.9. The molecule has 1 aromatic rings. The topological polar surface area (TPSA) is 85.9 Å². The second-order valence-corrected chi connectivity index (χ2v) is 10.9. The molecule has 1 saturated carbocycles. The third kappa shape index (κ3) is 6.04. The van der Waals surface area contributed by atoms with E-state index < -0.39 is 36.1 Å². The number of rotatable bonds is 6. The molecule has 1 aromatic carbocycles. The molecular formula is C24H37BN2O5. The van der Waals surface area contributed by atoms with E-state index in [0.717, 1.165) is 30.3 Å². The molecule has 3 rings (SSSR count). The summed E-state index contributed by atoms with van der Waals surface area (Å²) < 4.78 is 17.6. The molecule has 1 aliphatic carbocycles. The van der Waals surface area contributed by atoms with E-state index in [4.69, 9.17) is 14.0 Å². The Labute approximate surface area is 192 Å². The summed E-state index contributed by atoms with van der Waals surface area (Å²) in [5.74, 6) is -0.185. The first kappa shape index (κ1) is 24.6. The molecule has 7 nitrogen and oxygen atoms in total. The fraction of sp³-hybridized carbons (Fsp3) is 0.667. The average molecular weight is 444 g/mol. The van der Waals surface area contributed by atoms with Crippen LogP contribution >= 0.6 is 0 Å². The molecule has 2 amide bonds. The Hall–Kier alpha value is -2.06. The number of carbonyl (C=O) groups is 2. The van der Waals surface area contributed by atoms with Gasteiger partial charge in [0.2, 0.25) is 5.91 Å². The van der Waals surface area contributed by atoms with Crippen molar-refractivity contribution in [3.05, 3.63) is 29.8 Å². The second kappa shape index (κ2) is 9.06. The van der Waals surface area contributed by atoms with Gasteiger partial charge in [0.15, 0.2) is 0 Å². The SMILES string of the molecule is CC(C)(C)OC(=O)NC(Cc1ccc(B2OC(C)(C)C(C)(C)O2)cc1)C(=O)NC1CCC1. The highest BCUT2D eigenvalue weighted by Crippen LogP contribution is 2.36. The lowest BCUT2D eigenvalue weighted by atomic mass is 9.78. The van der Waals surface area contributed by atoms with Gasteiger partial charge >= 0.3 is 13.2 Å². The van der Waals surface area contributed by atoms with Crippen molar-refractivity contribution in [1.29, 1.82) is 0 Å². The van der Waals surface area contributed by atoms with Gasteiger partial charge in [-0.15, -0.1) is 0 Å². The Balaban J connectivity index is 1.68. The van der Waals surface area contributed by atoms with Crippen LogP contribution in [0.5, 0.6) is 0 Å². The Morgan fingerprint density at radius 2 is 1.66 bits per heavy atom. The first-order valence-electron chi connectivity index (χ1n) is 11.5. The van der Waals surface area contributed by atoms with Crippen LogP contribution in [-0.2, 0) is 25.3 Å². The molecule has 1 unspecified atom stereocenters. The van der Waals surface area contributed by atoms with E-state index >= 15 is 0 Å². The largest absolute Gasteiger partial charge is 0.494 e. The van der Waals surface area contributed by atoms with E-state index in [1.54, 1.807) is 20.8 Å². The predicted molar refractivity (Wildman–Crippen MR) is 125 cm³/mol. The zero-order chi connectivity index (χ0) is 23.7. The molecule has 8 heteroatoms. The Bertz CT molecular complexity index is 812. The van der Waals surface area contributed by atoms with Crippen molar-refractivity contribution in [3.63, 3.8) is 0 Å². The van der Waals surface area contributed by atoms with Gasteiger partial charge in [-0.25, -0.2) is 4.79 Å². The molecule has 2 N–H and O–H groups in total. The number of benzene rings is 1. The lowest BCUT2D eigenvalue weighted by Gasteiger charge is -2.32. The van der Waals surface area contributed by atoms with Crippen molar-refractivity contribution >= 4 is 24.6 Å². The molecule has 0 radical (unpaired) electrons. The molecule has 32 heavy (non-hydrogen) atoms. The van der Waals surface area contributed by atoms with E-state index in [-0.39, 0.29) is 11.9 Å². The summed E-state index contributed by atoms with van der Waals surface area (Å²) in [7, 11) is -0.438. The van der Waals surface area contributed by atoms with Gasteiger partial charge in [-0.1, -0.05) is 24.3 Å². The minimum Gasteiger partial charge on any atom is -0.444 e.